The highest BCUT2D eigenvalue weighted by Gasteiger charge is 2.36. The molecule has 1 saturated heterocycles. The molecule has 25 heavy (non-hydrogen) atoms. The first-order valence-electron chi connectivity index (χ1n) is 9.54. The van der Waals surface area contributed by atoms with Crippen molar-refractivity contribution in [2.45, 2.75) is 71.4 Å². The van der Waals surface area contributed by atoms with Crippen LogP contribution in [0.3, 0.4) is 0 Å². The monoisotopic (exact) mass is 346 g/mol. The Morgan fingerprint density at radius 3 is 2.52 bits per heavy atom. The molecule has 2 aliphatic rings. The molecule has 3 rings (SSSR count). The number of nitrogens with one attached hydrogen (secondary N) is 1. The number of aryl methyl sites for hydroxylation is 2. The molecule has 2 amide bonds. The molecule has 6 heteroatoms. The van der Waals surface area contributed by atoms with Crippen molar-refractivity contribution in [3.63, 3.8) is 0 Å². The Hall–Kier alpha value is -1.85. The largest absolute Gasteiger partial charge is 0.344 e. The molecule has 1 saturated carbocycles. The van der Waals surface area contributed by atoms with Gasteiger partial charge in [-0.2, -0.15) is 5.10 Å². The van der Waals surface area contributed by atoms with Gasteiger partial charge in [-0.1, -0.05) is 12.8 Å². The van der Waals surface area contributed by atoms with E-state index in [1.165, 1.54) is 6.92 Å². The van der Waals surface area contributed by atoms with Gasteiger partial charge in [0.25, 0.3) is 0 Å². The van der Waals surface area contributed by atoms with E-state index in [4.69, 9.17) is 0 Å². The van der Waals surface area contributed by atoms with Crippen LogP contribution in [-0.4, -0.2) is 45.6 Å². The molecule has 0 radical (unpaired) electrons. The van der Waals surface area contributed by atoms with Crippen molar-refractivity contribution in [3.8, 4) is 0 Å². The summed E-state index contributed by atoms with van der Waals surface area (Å²) < 4.78 is 2.07. The molecule has 1 aromatic heterocycles. The maximum absolute atomic E-state index is 13.2. The van der Waals surface area contributed by atoms with E-state index in [9.17, 15) is 9.59 Å². The van der Waals surface area contributed by atoms with E-state index < -0.39 is 0 Å². The molecule has 0 bridgehead atoms. The molecule has 0 unspecified atom stereocenters. The number of hydrogen-bond donors (Lipinski definition) is 1. The third kappa shape index (κ3) is 4.05. The second-order valence-corrected chi connectivity index (χ2v) is 7.67. The lowest BCUT2D eigenvalue weighted by Gasteiger charge is -2.37. The third-order valence-electron chi connectivity index (χ3n) is 5.59. The van der Waals surface area contributed by atoms with Crippen molar-refractivity contribution in [1.82, 2.24) is 20.0 Å². The molecule has 1 N–H and O–H groups in total. The van der Waals surface area contributed by atoms with Crippen LogP contribution in [0.4, 0.5) is 0 Å². The maximum atomic E-state index is 13.2. The highest BCUT2D eigenvalue weighted by atomic mass is 16.2. The standard InChI is InChI=1S/C19H30N4O2/c1-13-11-14(2)23(21-13)17-9-6-10-22(12-17)19(25)18(20-15(3)24)16-7-4-5-8-16/h11,16-18H,4-10,12H2,1-3H3,(H,20,24)/t17-,18+/m0/s1. The van der Waals surface area contributed by atoms with E-state index in [-0.39, 0.29) is 29.8 Å². The van der Waals surface area contributed by atoms with E-state index in [1.807, 2.05) is 11.8 Å². The molecule has 2 atom stereocenters. The first kappa shape index (κ1) is 18.0. The molecule has 1 aliphatic carbocycles. The minimum atomic E-state index is -0.362. The highest BCUT2D eigenvalue weighted by molar-refractivity contribution is 5.87. The lowest BCUT2D eigenvalue weighted by Crippen LogP contribution is -2.53. The molecule has 2 fully saturated rings. The Labute approximate surface area is 149 Å². The second kappa shape index (κ2) is 7.58. The second-order valence-electron chi connectivity index (χ2n) is 7.67. The number of carbonyl (C=O) groups is 2. The van der Waals surface area contributed by atoms with Crippen molar-refractivity contribution in [2.24, 2.45) is 5.92 Å². The van der Waals surface area contributed by atoms with Crippen LogP contribution in [0.25, 0.3) is 0 Å². The van der Waals surface area contributed by atoms with Crippen LogP contribution in [-0.2, 0) is 9.59 Å². The topological polar surface area (TPSA) is 67.2 Å². The van der Waals surface area contributed by atoms with Crippen LogP contribution < -0.4 is 5.32 Å². The molecule has 2 heterocycles. The third-order valence-corrected chi connectivity index (χ3v) is 5.59. The zero-order chi connectivity index (χ0) is 18.0. The first-order valence-corrected chi connectivity index (χ1v) is 9.54. The number of aromatic nitrogens is 2. The molecule has 0 aromatic carbocycles. The van der Waals surface area contributed by atoms with E-state index >= 15 is 0 Å². The van der Waals surface area contributed by atoms with Gasteiger partial charge in [0.15, 0.2) is 0 Å². The molecule has 0 spiro atoms. The summed E-state index contributed by atoms with van der Waals surface area (Å²) in [6, 6.07) is 1.95. The lowest BCUT2D eigenvalue weighted by molar-refractivity contribution is -0.139. The normalized spacial score (nSPS) is 22.8. The Balaban J connectivity index is 1.73. The number of piperidine rings is 1. The summed E-state index contributed by atoms with van der Waals surface area (Å²) in [5.41, 5.74) is 2.16. The van der Waals surface area contributed by atoms with E-state index in [1.54, 1.807) is 0 Å². The van der Waals surface area contributed by atoms with Crippen molar-refractivity contribution >= 4 is 11.8 Å². The van der Waals surface area contributed by atoms with Crippen molar-refractivity contribution in [2.75, 3.05) is 13.1 Å². The van der Waals surface area contributed by atoms with Gasteiger partial charge in [0.2, 0.25) is 11.8 Å². The SMILES string of the molecule is CC(=O)N[C@@H](C(=O)N1CCC[C@H](n2nc(C)cc2C)C1)C1CCCC1. The molecular formula is C19H30N4O2. The fourth-order valence-electron chi connectivity index (χ4n) is 4.46. The van der Waals surface area contributed by atoms with Gasteiger partial charge in [-0.15, -0.1) is 0 Å². The van der Waals surface area contributed by atoms with Gasteiger partial charge >= 0.3 is 0 Å². The quantitative estimate of drug-likeness (QED) is 0.910. The fraction of sp³-hybridized carbons (Fsp3) is 0.737. The summed E-state index contributed by atoms with van der Waals surface area (Å²) in [5, 5.41) is 7.54. The summed E-state index contributed by atoms with van der Waals surface area (Å²) in [7, 11) is 0. The summed E-state index contributed by atoms with van der Waals surface area (Å²) in [6.07, 6.45) is 6.40. The Morgan fingerprint density at radius 1 is 1.20 bits per heavy atom. The van der Waals surface area contributed by atoms with E-state index in [2.05, 4.69) is 28.1 Å². The predicted octanol–water partition coefficient (Wildman–Crippen LogP) is 2.36. The minimum absolute atomic E-state index is 0.0910. The van der Waals surface area contributed by atoms with E-state index in [0.717, 1.165) is 56.5 Å². The molecule has 1 aliphatic heterocycles. The van der Waals surface area contributed by atoms with Crippen LogP contribution in [0.2, 0.25) is 0 Å². The minimum Gasteiger partial charge on any atom is -0.344 e. The molecule has 6 nitrogen and oxygen atoms in total. The summed E-state index contributed by atoms with van der Waals surface area (Å²) in [4.78, 5) is 26.8. The average Bonchev–Trinajstić information content (AvgIpc) is 3.21. The molecule has 138 valence electrons. The predicted molar refractivity (Wildman–Crippen MR) is 96.1 cm³/mol. The van der Waals surface area contributed by atoms with Crippen molar-refractivity contribution < 1.29 is 9.59 Å². The summed E-state index contributed by atoms with van der Waals surface area (Å²) >= 11 is 0. The zero-order valence-corrected chi connectivity index (χ0v) is 15.6. The lowest BCUT2D eigenvalue weighted by atomic mass is 9.95. The Kier molecular flexibility index (Phi) is 5.45. The van der Waals surface area contributed by atoms with Gasteiger partial charge in [0.05, 0.1) is 11.7 Å². The number of likely N-dealkylation sites (tertiary alicyclic amines) is 1. The number of carbonyl (C=O) groups excluding carboxylic acids is 2. The Morgan fingerprint density at radius 2 is 1.92 bits per heavy atom. The average molecular weight is 346 g/mol. The van der Waals surface area contributed by atoms with Crippen LogP contribution in [0.1, 0.15) is 62.9 Å². The van der Waals surface area contributed by atoms with Crippen molar-refractivity contribution in [1.29, 1.82) is 0 Å². The first-order chi connectivity index (χ1) is 12.0. The van der Waals surface area contributed by atoms with Crippen LogP contribution >= 0.6 is 0 Å². The van der Waals surface area contributed by atoms with Crippen LogP contribution in [0, 0.1) is 19.8 Å². The summed E-state index contributed by atoms with van der Waals surface area (Å²) in [6.45, 7) is 7.03. The smallest absolute Gasteiger partial charge is 0.245 e. The van der Waals surface area contributed by atoms with Gasteiger partial charge in [-0.3, -0.25) is 14.3 Å². The number of rotatable bonds is 4. The highest BCUT2D eigenvalue weighted by Crippen LogP contribution is 2.30. The molecular weight excluding hydrogens is 316 g/mol. The number of amides is 2. The van der Waals surface area contributed by atoms with Crippen LogP contribution in [0.5, 0.6) is 0 Å². The molecule has 1 aromatic rings. The van der Waals surface area contributed by atoms with Crippen molar-refractivity contribution in [3.05, 3.63) is 17.5 Å². The van der Waals surface area contributed by atoms with Gasteiger partial charge in [0, 0.05) is 25.7 Å². The van der Waals surface area contributed by atoms with Gasteiger partial charge in [-0.25, -0.2) is 0 Å². The van der Waals surface area contributed by atoms with E-state index in [0.29, 0.717) is 6.54 Å². The number of hydrogen-bond acceptors (Lipinski definition) is 3. The Bertz CT molecular complexity index is 633. The number of nitrogens with zero attached hydrogens (tertiary/aromatic N) is 3. The van der Waals surface area contributed by atoms with Gasteiger partial charge in [0.1, 0.15) is 6.04 Å². The fourth-order valence-corrected chi connectivity index (χ4v) is 4.46. The van der Waals surface area contributed by atoms with Gasteiger partial charge in [-0.05, 0) is 51.5 Å². The van der Waals surface area contributed by atoms with Crippen LogP contribution in [0.15, 0.2) is 6.07 Å². The zero-order valence-electron chi connectivity index (χ0n) is 15.6. The van der Waals surface area contributed by atoms with Gasteiger partial charge < -0.3 is 10.2 Å². The maximum Gasteiger partial charge on any atom is 0.245 e. The summed E-state index contributed by atoms with van der Waals surface area (Å²) in [5.74, 6) is 0.260.